The number of rotatable bonds is 14. The second kappa shape index (κ2) is 20.1. The van der Waals surface area contributed by atoms with Crippen molar-refractivity contribution in [2.75, 3.05) is 25.2 Å². The number of nitrogens with zero attached hydrogens (tertiary/aromatic N) is 3. The summed E-state index contributed by atoms with van der Waals surface area (Å²) in [5.74, 6) is -0.693. The molecule has 0 saturated heterocycles. The third-order valence-electron chi connectivity index (χ3n) is 11.6. The summed E-state index contributed by atoms with van der Waals surface area (Å²) in [6.07, 6.45) is -0.571. The van der Waals surface area contributed by atoms with Gasteiger partial charge in [0.25, 0.3) is 10.0 Å². The number of fused-ring (bicyclic) bond motifs is 2. The van der Waals surface area contributed by atoms with Crippen LogP contribution >= 0.6 is 34.5 Å². The molecule has 0 bridgehead atoms. The number of carbonyl (C=O) groups excluding carboxylic acids is 3. The Bertz CT molecular complexity index is 2940. The van der Waals surface area contributed by atoms with Gasteiger partial charge in [-0.3, -0.25) is 14.5 Å². The molecule has 1 N–H and O–H groups in total. The summed E-state index contributed by atoms with van der Waals surface area (Å²) < 4.78 is 68.1. The first-order chi connectivity index (χ1) is 32.1. The number of anilines is 1. The minimum absolute atomic E-state index is 0.0267. The van der Waals surface area contributed by atoms with E-state index in [-0.39, 0.29) is 61.0 Å². The molecule has 1 aromatic heterocycles. The fourth-order valence-electron chi connectivity index (χ4n) is 7.98. The molecule has 5 aromatic carbocycles. The van der Waals surface area contributed by atoms with E-state index >= 15 is 0 Å². The van der Waals surface area contributed by atoms with Gasteiger partial charge in [0.2, 0.25) is 11.8 Å². The lowest BCUT2D eigenvalue weighted by atomic mass is 9.94. The topological polar surface area (TPSA) is 154 Å². The number of aromatic nitrogens is 1. The average molecular weight is 988 g/mol. The van der Waals surface area contributed by atoms with Gasteiger partial charge in [-0.05, 0) is 108 Å². The highest BCUT2D eigenvalue weighted by atomic mass is 35.5. The lowest BCUT2D eigenvalue weighted by molar-refractivity contribution is -0.145. The predicted molar refractivity (Wildman–Crippen MR) is 253 cm³/mol. The number of hydrogen-bond acceptors (Lipinski definition) is 11. The highest BCUT2D eigenvalue weighted by Gasteiger charge is 2.44. The Morgan fingerprint density at radius 2 is 1.60 bits per heavy atom. The number of methoxy groups -OCH3 is 1. The number of hydrogen-bond donors (Lipinski definition) is 1. The molecule has 0 fully saturated rings. The van der Waals surface area contributed by atoms with Crippen molar-refractivity contribution in [3.8, 4) is 28.4 Å². The molecule has 2 aliphatic rings. The number of amides is 2. The summed E-state index contributed by atoms with van der Waals surface area (Å²) in [5, 5.41) is 3.61. The molecule has 18 heteroatoms. The Morgan fingerprint density at radius 1 is 0.925 bits per heavy atom. The van der Waals surface area contributed by atoms with Crippen LogP contribution in [0.5, 0.6) is 17.2 Å². The number of nitrogens with one attached hydrogen (secondary N) is 1. The molecular weight excluding hydrogens is 943 g/mol. The molecule has 348 valence electrons. The van der Waals surface area contributed by atoms with Crippen LogP contribution in [0.4, 0.5) is 9.52 Å². The van der Waals surface area contributed by atoms with Gasteiger partial charge in [-0.15, -0.1) is 11.3 Å². The van der Waals surface area contributed by atoms with Crippen molar-refractivity contribution in [1.82, 2.24) is 14.6 Å². The molecule has 6 aromatic rings. The van der Waals surface area contributed by atoms with Crippen LogP contribution < -0.4 is 24.4 Å². The lowest BCUT2D eigenvalue weighted by Crippen LogP contribution is -2.56. The predicted octanol–water partition coefficient (Wildman–Crippen LogP) is 9.04. The normalized spacial score (nSPS) is 16.1. The summed E-state index contributed by atoms with van der Waals surface area (Å²) in [4.78, 5) is 46.5. The molecule has 3 heterocycles. The number of aryl methyl sites for hydroxylation is 1. The van der Waals surface area contributed by atoms with Crippen LogP contribution in [0.15, 0.2) is 108 Å². The molecule has 13 nitrogen and oxygen atoms in total. The smallest absolute Gasteiger partial charge is 0.328 e. The Morgan fingerprint density at radius 3 is 2.25 bits per heavy atom. The van der Waals surface area contributed by atoms with E-state index in [0.717, 1.165) is 37.9 Å². The van der Waals surface area contributed by atoms with E-state index in [2.05, 4.69) is 10.3 Å². The summed E-state index contributed by atoms with van der Waals surface area (Å²) in [5.41, 5.74) is 5.19. The van der Waals surface area contributed by atoms with Crippen molar-refractivity contribution in [2.24, 2.45) is 0 Å². The van der Waals surface area contributed by atoms with Crippen LogP contribution in [0, 0.1) is 12.7 Å². The maximum absolute atomic E-state index is 14.9. The largest absolute Gasteiger partial charge is 0.489 e. The van der Waals surface area contributed by atoms with Gasteiger partial charge in [0.1, 0.15) is 36.9 Å². The van der Waals surface area contributed by atoms with Crippen molar-refractivity contribution < 1.29 is 46.1 Å². The zero-order chi connectivity index (χ0) is 47.6. The first-order valence-electron chi connectivity index (χ1n) is 21.2. The Kier molecular flexibility index (Phi) is 14.2. The molecule has 0 spiro atoms. The van der Waals surface area contributed by atoms with Gasteiger partial charge in [0.15, 0.2) is 27.8 Å². The fraction of sp³-hybridized carbons (Fsp3) is 0.265. The van der Waals surface area contributed by atoms with Gasteiger partial charge in [-0.2, -0.15) is 4.31 Å². The molecule has 1 unspecified atom stereocenters. The number of benzene rings is 5. The van der Waals surface area contributed by atoms with Gasteiger partial charge in [-0.25, -0.2) is 22.6 Å². The zero-order valence-electron chi connectivity index (χ0n) is 36.8. The minimum atomic E-state index is -4.54. The molecule has 0 aliphatic carbocycles. The molecule has 2 amide bonds. The second-order valence-electron chi connectivity index (χ2n) is 16.0. The van der Waals surface area contributed by atoms with E-state index in [4.69, 9.17) is 42.1 Å². The van der Waals surface area contributed by atoms with Crippen LogP contribution in [-0.2, 0) is 55.1 Å². The highest BCUT2D eigenvalue weighted by Crippen LogP contribution is 2.42. The number of sulfonamides is 1. The molecule has 67 heavy (non-hydrogen) atoms. The first kappa shape index (κ1) is 47.5. The second-order valence-corrected chi connectivity index (χ2v) is 19.8. The Hall–Kier alpha value is -6.04. The summed E-state index contributed by atoms with van der Waals surface area (Å²) >= 11 is 13.3. The van der Waals surface area contributed by atoms with Crippen LogP contribution in [0.1, 0.15) is 52.6 Å². The van der Waals surface area contributed by atoms with Gasteiger partial charge in [-0.1, -0.05) is 77.8 Å². The average Bonchev–Trinajstić information content (AvgIpc) is 3.72. The highest BCUT2D eigenvalue weighted by molar-refractivity contribution is 7.89. The molecule has 3 atom stereocenters. The van der Waals surface area contributed by atoms with Crippen LogP contribution in [0.3, 0.4) is 0 Å². The van der Waals surface area contributed by atoms with E-state index in [9.17, 15) is 27.2 Å². The van der Waals surface area contributed by atoms with Crippen molar-refractivity contribution in [2.45, 2.75) is 70.0 Å². The van der Waals surface area contributed by atoms with E-state index in [0.29, 0.717) is 48.9 Å². The first-order valence-corrected chi connectivity index (χ1v) is 24.3. The monoisotopic (exact) mass is 986 g/mol. The molecule has 8 rings (SSSR count). The number of carbonyl (C=O) groups is 3. The number of halogens is 3. The SMILES string of the molecule is CCN(C(C)=O)c1nc(S(=O)(=O)N2Cc3cc4c(cc3C[C@H]2C(=O)N[C@@H](Cc2ccc(-c3ccc(F)cc3)cc2)C(=O)OC)OCC(c2ccc(OCc3ccc(Cl)c(Cl)c3)cc2)O4)c(C)s1. The third kappa shape index (κ3) is 10.4. The van der Waals surface area contributed by atoms with Crippen molar-refractivity contribution in [3.63, 3.8) is 0 Å². The van der Waals surface area contributed by atoms with Crippen LogP contribution in [0.25, 0.3) is 11.1 Å². The van der Waals surface area contributed by atoms with Crippen LogP contribution in [-0.4, -0.2) is 67.8 Å². The fourth-order valence-corrected chi connectivity index (χ4v) is 11.3. The summed E-state index contributed by atoms with van der Waals surface area (Å²) in [6, 6.07) is 26.9. The number of esters is 1. The van der Waals surface area contributed by atoms with Gasteiger partial charge in [0, 0.05) is 31.3 Å². The molecule has 0 saturated carbocycles. The zero-order valence-corrected chi connectivity index (χ0v) is 39.9. The molecule has 2 aliphatic heterocycles. The number of thiazole rings is 1. The summed E-state index contributed by atoms with van der Waals surface area (Å²) in [6.45, 7) is 5.19. The third-order valence-corrected chi connectivity index (χ3v) is 15.3. The number of ether oxygens (including phenoxy) is 4. The molecular formula is C49H45Cl2FN4O9S2. The van der Waals surface area contributed by atoms with Gasteiger partial charge in [0.05, 0.1) is 17.2 Å². The van der Waals surface area contributed by atoms with E-state index < -0.39 is 40.1 Å². The lowest BCUT2D eigenvalue weighted by Gasteiger charge is -2.36. The Balaban J connectivity index is 1.05. The maximum Gasteiger partial charge on any atom is 0.328 e. The van der Waals surface area contributed by atoms with E-state index in [1.54, 1.807) is 62.4 Å². The van der Waals surface area contributed by atoms with E-state index in [1.165, 1.54) is 31.1 Å². The van der Waals surface area contributed by atoms with Gasteiger partial charge < -0.3 is 24.3 Å². The quantitative estimate of drug-likeness (QED) is 0.105. The maximum atomic E-state index is 14.9. The molecule has 0 radical (unpaired) electrons. The standard InChI is InChI=1S/C49H45Cl2FN4O9S2/c1-5-55(29(3)57)49-54-47(28(2)66-49)67(60,61)56-25-36-24-44-43(64-27-45(65-44)34-13-17-38(18-14-34)63-26-31-8-19-39(50)40(51)20-31)23-35(36)22-42(56)46(58)53-41(48(59)62-4)21-30-6-9-32(10-7-30)33-11-15-37(52)16-12-33/h6-20,23-24,41-42,45H,5,21-22,25-27H2,1-4H3,(H,53,58)/t41-,42-,45?/m0/s1. The van der Waals surface area contributed by atoms with Crippen LogP contribution in [0.2, 0.25) is 10.0 Å². The summed E-state index contributed by atoms with van der Waals surface area (Å²) in [7, 11) is -3.33. The Labute approximate surface area is 401 Å². The van der Waals surface area contributed by atoms with E-state index in [1.807, 2.05) is 42.5 Å². The minimum Gasteiger partial charge on any atom is -0.489 e. The van der Waals surface area contributed by atoms with Crippen molar-refractivity contribution in [3.05, 3.63) is 152 Å². The van der Waals surface area contributed by atoms with Crippen molar-refractivity contribution in [1.29, 1.82) is 0 Å². The van der Waals surface area contributed by atoms with Crippen molar-refractivity contribution >= 4 is 67.5 Å². The van der Waals surface area contributed by atoms with Gasteiger partial charge >= 0.3 is 5.97 Å².